The molecule has 2 aromatic rings. The molecule has 0 bridgehead atoms. The first-order chi connectivity index (χ1) is 13.7. The second kappa shape index (κ2) is 9.65. The molecule has 29 heavy (non-hydrogen) atoms. The van der Waals surface area contributed by atoms with Gasteiger partial charge in [0.1, 0.15) is 17.2 Å². The van der Waals surface area contributed by atoms with Crippen molar-refractivity contribution in [1.29, 1.82) is 0 Å². The van der Waals surface area contributed by atoms with Crippen molar-refractivity contribution in [3.8, 4) is 17.2 Å². The number of hydrogen-bond acceptors (Lipinski definition) is 5. The molecule has 0 saturated heterocycles. The van der Waals surface area contributed by atoms with Gasteiger partial charge in [-0.3, -0.25) is 4.79 Å². The van der Waals surface area contributed by atoms with Gasteiger partial charge in [0.05, 0.1) is 20.3 Å². The van der Waals surface area contributed by atoms with Crippen molar-refractivity contribution < 1.29 is 24.1 Å². The Morgan fingerprint density at radius 2 is 1.66 bits per heavy atom. The number of nitrogens with one attached hydrogen (secondary N) is 1. The van der Waals surface area contributed by atoms with Crippen molar-refractivity contribution in [2.75, 3.05) is 20.8 Å². The maximum absolute atomic E-state index is 12.4. The summed E-state index contributed by atoms with van der Waals surface area (Å²) >= 11 is 0. The zero-order valence-corrected chi connectivity index (χ0v) is 18.0. The van der Waals surface area contributed by atoms with Crippen LogP contribution in [-0.2, 0) is 10.2 Å². The second-order valence-corrected chi connectivity index (χ2v) is 7.90. The summed E-state index contributed by atoms with van der Waals surface area (Å²) in [5, 5.41) is 13.2. The zero-order valence-electron chi connectivity index (χ0n) is 18.0. The van der Waals surface area contributed by atoms with Crippen LogP contribution >= 0.6 is 0 Å². The van der Waals surface area contributed by atoms with Gasteiger partial charge in [-0.25, -0.2) is 0 Å². The Hall–Kier alpha value is -2.73. The van der Waals surface area contributed by atoms with Gasteiger partial charge in [-0.05, 0) is 48.2 Å². The average Bonchev–Trinajstić information content (AvgIpc) is 2.70. The number of amides is 1. The van der Waals surface area contributed by atoms with Crippen LogP contribution in [0.25, 0.3) is 0 Å². The molecule has 0 heterocycles. The minimum Gasteiger partial charge on any atom is -0.497 e. The van der Waals surface area contributed by atoms with E-state index in [4.69, 9.17) is 14.2 Å². The lowest BCUT2D eigenvalue weighted by atomic mass is 9.87. The van der Waals surface area contributed by atoms with E-state index >= 15 is 0 Å². The molecule has 1 amide bonds. The van der Waals surface area contributed by atoms with Crippen LogP contribution in [0.15, 0.2) is 42.5 Å². The Bertz CT molecular complexity index is 811. The molecular weight excluding hydrogens is 370 g/mol. The number of benzene rings is 2. The van der Waals surface area contributed by atoms with Gasteiger partial charge in [0.25, 0.3) is 5.91 Å². The monoisotopic (exact) mass is 401 g/mol. The average molecular weight is 402 g/mol. The van der Waals surface area contributed by atoms with Crippen molar-refractivity contribution in [2.45, 2.75) is 45.3 Å². The van der Waals surface area contributed by atoms with Crippen LogP contribution in [-0.4, -0.2) is 37.9 Å². The van der Waals surface area contributed by atoms with Gasteiger partial charge in [-0.15, -0.1) is 0 Å². The predicted octanol–water partition coefficient (Wildman–Crippen LogP) is 3.62. The highest BCUT2D eigenvalue weighted by molar-refractivity contribution is 5.80. The van der Waals surface area contributed by atoms with Gasteiger partial charge < -0.3 is 24.6 Å². The van der Waals surface area contributed by atoms with Crippen LogP contribution in [0.4, 0.5) is 0 Å². The van der Waals surface area contributed by atoms with Crippen LogP contribution in [0.2, 0.25) is 0 Å². The highest BCUT2D eigenvalue weighted by Crippen LogP contribution is 2.29. The number of carbonyl (C=O) groups excluding carboxylic acids is 1. The first-order valence-corrected chi connectivity index (χ1v) is 9.60. The molecular formula is C23H31NO5. The van der Waals surface area contributed by atoms with Gasteiger partial charge in [-0.1, -0.05) is 32.9 Å². The number of ether oxygens (including phenoxy) is 3. The molecule has 0 saturated carbocycles. The summed E-state index contributed by atoms with van der Waals surface area (Å²) in [4.78, 5) is 12.4. The smallest absolute Gasteiger partial charge is 0.260 e. The highest BCUT2D eigenvalue weighted by atomic mass is 16.5. The first-order valence-electron chi connectivity index (χ1n) is 9.60. The molecule has 2 aromatic carbocycles. The lowest BCUT2D eigenvalue weighted by Crippen LogP contribution is -2.38. The molecule has 158 valence electrons. The molecule has 0 aromatic heterocycles. The molecule has 6 nitrogen and oxygen atoms in total. The van der Waals surface area contributed by atoms with Crippen molar-refractivity contribution in [2.24, 2.45) is 0 Å². The summed E-state index contributed by atoms with van der Waals surface area (Å²) in [6, 6.07) is 12.9. The maximum atomic E-state index is 12.4. The number of methoxy groups -OCH3 is 2. The Kier molecular flexibility index (Phi) is 7.51. The number of aliphatic hydroxyl groups excluding tert-OH is 1. The molecule has 2 N–H and O–H groups in total. The van der Waals surface area contributed by atoms with Gasteiger partial charge in [0, 0.05) is 12.1 Å². The normalized spacial score (nSPS) is 13.3. The fourth-order valence-corrected chi connectivity index (χ4v) is 2.84. The number of carbonyl (C=O) groups is 1. The summed E-state index contributed by atoms with van der Waals surface area (Å²) in [5.74, 6) is 1.43. The maximum Gasteiger partial charge on any atom is 0.260 e. The van der Waals surface area contributed by atoms with Crippen molar-refractivity contribution >= 4 is 5.91 Å². The molecule has 2 atom stereocenters. The summed E-state index contributed by atoms with van der Waals surface area (Å²) in [6.45, 7) is 8.12. The quantitative estimate of drug-likeness (QED) is 0.707. The van der Waals surface area contributed by atoms with Crippen LogP contribution in [0.5, 0.6) is 17.2 Å². The molecule has 0 fully saturated rings. The Morgan fingerprint density at radius 1 is 1.03 bits per heavy atom. The summed E-state index contributed by atoms with van der Waals surface area (Å²) in [6.07, 6.45) is -1.64. The van der Waals surface area contributed by atoms with E-state index in [9.17, 15) is 9.90 Å². The third-order valence-electron chi connectivity index (χ3n) is 4.67. The van der Waals surface area contributed by atoms with Gasteiger partial charge in [0.15, 0.2) is 6.10 Å². The molecule has 0 aliphatic carbocycles. The second-order valence-electron chi connectivity index (χ2n) is 7.90. The Morgan fingerprint density at radius 3 is 2.21 bits per heavy atom. The van der Waals surface area contributed by atoms with Crippen LogP contribution < -0.4 is 19.5 Å². The summed E-state index contributed by atoms with van der Waals surface area (Å²) < 4.78 is 16.2. The Labute approximate surface area is 172 Å². The fourth-order valence-electron chi connectivity index (χ4n) is 2.84. The molecule has 2 unspecified atom stereocenters. The molecule has 0 aliphatic rings. The van der Waals surface area contributed by atoms with E-state index in [-0.39, 0.29) is 17.9 Å². The topological polar surface area (TPSA) is 77.0 Å². The molecule has 2 rings (SSSR count). The van der Waals surface area contributed by atoms with E-state index < -0.39 is 12.2 Å². The van der Waals surface area contributed by atoms with E-state index in [2.05, 4.69) is 26.1 Å². The third-order valence-corrected chi connectivity index (χ3v) is 4.67. The number of aliphatic hydroxyl groups is 1. The lowest BCUT2D eigenvalue weighted by molar-refractivity contribution is -0.127. The molecule has 0 radical (unpaired) electrons. The van der Waals surface area contributed by atoms with E-state index in [1.807, 2.05) is 24.3 Å². The largest absolute Gasteiger partial charge is 0.497 e. The first kappa shape index (κ1) is 22.6. The molecule has 6 heteroatoms. The standard InChI is InChI=1S/C23H31NO5/c1-15(29-17-9-7-16(8-10-17)23(2,3)4)22(26)24-14-20(25)19-13-18(27-5)11-12-21(19)28-6/h7-13,15,20,25H,14H2,1-6H3,(H,24,26). The van der Waals surface area contributed by atoms with E-state index in [0.29, 0.717) is 22.8 Å². The van der Waals surface area contributed by atoms with Crippen LogP contribution in [0, 0.1) is 0 Å². The lowest BCUT2D eigenvalue weighted by Gasteiger charge is -2.20. The van der Waals surface area contributed by atoms with Gasteiger partial charge >= 0.3 is 0 Å². The fraction of sp³-hybridized carbons (Fsp3) is 0.435. The number of rotatable bonds is 8. The third kappa shape index (κ3) is 6.12. The van der Waals surface area contributed by atoms with Crippen molar-refractivity contribution in [3.05, 3.63) is 53.6 Å². The van der Waals surface area contributed by atoms with E-state index in [0.717, 1.165) is 0 Å². The molecule has 0 spiro atoms. The zero-order chi connectivity index (χ0) is 21.6. The highest BCUT2D eigenvalue weighted by Gasteiger charge is 2.20. The molecule has 0 aliphatic heterocycles. The van der Waals surface area contributed by atoms with Crippen molar-refractivity contribution in [3.63, 3.8) is 0 Å². The summed E-state index contributed by atoms with van der Waals surface area (Å²) in [7, 11) is 3.07. The SMILES string of the molecule is COc1ccc(OC)c(C(O)CNC(=O)C(C)Oc2ccc(C(C)(C)C)cc2)c1. The van der Waals surface area contributed by atoms with Crippen molar-refractivity contribution in [1.82, 2.24) is 5.32 Å². The number of hydrogen-bond donors (Lipinski definition) is 2. The Balaban J connectivity index is 1.94. The van der Waals surface area contributed by atoms with Crippen LogP contribution in [0.1, 0.15) is 44.9 Å². The van der Waals surface area contributed by atoms with Crippen LogP contribution in [0.3, 0.4) is 0 Å². The van der Waals surface area contributed by atoms with E-state index in [1.54, 1.807) is 32.2 Å². The summed E-state index contributed by atoms with van der Waals surface area (Å²) in [5.41, 5.74) is 1.79. The minimum atomic E-state index is -0.942. The van der Waals surface area contributed by atoms with Gasteiger partial charge in [-0.2, -0.15) is 0 Å². The minimum absolute atomic E-state index is 0.0268. The predicted molar refractivity (Wildman–Crippen MR) is 113 cm³/mol. The van der Waals surface area contributed by atoms with E-state index in [1.165, 1.54) is 12.7 Å². The van der Waals surface area contributed by atoms with Gasteiger partial charge in [0.2, 0.25) is 0 Å².